The molecule has 0 saturated carbocycles. The summed E-state index contributed by atoms with van der Waals surface area (Å²) in [6, 6.07) is 17.6. The van der Waals surface area contributed by atoms with E-state index in [2.05, 4.69) is 62.4 Å². The molecule has 0 N–H and O–H groups in total. The summed E-state index contributed by atoms with van der Waals surface area (Å²) in [6.07, 6.45) is 2.04. The topological polar surface area (TPSA) is 12.9 Å². The zero-order valence-electron chi connectivity index (χ0n) is 13.1. The lowest BCUT2D eigenvalue weighted by atomic mass is 10.0. The minimum absolute atomic E-state index is 1.11. The van der Waals surface area contributed by atoms with Gasteiger partial charge in [0.15, 0.2) is 0 Å². The molecule has 5 aromatic rings. The van der Waals surface area contributed by atoms with Gasteiger partial charge in [-0.15, -0.1) is 11.3 Å². The number of thiophene rings is 1. The highest BCUT2D eigenvalue weighted by molar-refractivity contribution is 7.26. The highest BCUT2D eigenvalue weighted by atomic mass is 32.1. The Labute approximate surface area is 138 Å². The van der Waals surface area contributed by atoms with E-state index in [-0.39, 0.29) is 0 Å². The summed E-state index contributed by atoms with van der Waals surface area (Å²) < 4.78 is 2.62. The van der Waals surface area contributed by atoms with Crippen molar-refractivity contribution < 1.29 is 0 Å². The van der Waals surface area contributed by atoms with Crippen molar-refractivity contribution in [2.24, 2.45) is 0 Å². The first-order chi connectivity index (χ1) is 11.2. The van der Waals surface area contributed by atoms with Gasteiger partial charge in [0.05, 0.1) is 10.2 Å². The Bertz CT molecular complexity index is 1230. The fraction of sp³-hybridized carbons (Fsp3) is 0.0952. The van der Waals surface area contributed by atoms with Crippen molar-refractivity contribution in [2.75, 3.05) is 0 Å². The van der Waals surface area contributed by atoms with Crippen LogP contribution in [0.1, 0.15) is 11.1 Å². The second kappa shape index (κ2) is 4.53. The van der Waals surface area contributed by atoms with Gasteiger partial charge in [-0.1, -0.05) is 36.4 Å². The van der Waals surface area contributed by atoms with E-state index in [1.165, 1.54) is 47.5 Å². The number of hydrogen-bond donors (Lipinski definition) is 0. The van der Waals surface area contributed by atoms with E-state index in [0.29, 0.717) is 0 Å². The SMILES string of the molecule is Cc1cc2sc3cnc4c5ccccc5ccc4c3c2cc1C. The molecule has 0 fully saturated rings. The molecule has 1 nitrogen and oxygen atoms in total. The van der Waals surface area contributed by atoms with E-state index in [4.69, 9.17) is 4.98 Å². The van der Waals surface area contributed by atoms with Crippen LogP contribution < -0.4 is 0 Å². The van der Waals surface area contributed by atoms with Gasteiger partial charge in [0.2, 0.25) is 0 Å². The molecular formula is C21H15NS. The van der Waals surface area contributed by atoms with E-state index in [1.807, 2.05) is 17.5 Å². The average molecular weight is 313 g/mol. The predicted molar refractivity (Wildman–Crippen MR) is 102 cm³/mol. The van der Waals surface area contributed by atoms with Crippen LogP contribution in [0.3, 0.4) is 0 Å². The summed E-state index contributed by atoms with van der Waals surface area (Å²) in [5.41, 5.74) is 3.81. The van der Waals surface area contributed by atoms with Crippen molar-refractivity contribution in [3.63, 3.8) is 0 Å². The van der Waals surface area contributed by atoms with E-state index < -0.39 is 0 Å². The number of nitrogens with zero attached hydrogens (tertiary/aromatic N) is 1. The molecule has 0 spiro atoms. The van der Waals surface area contributed by atoms with Gasteiger partial charge in [-0.2, -0.15) is 0 Å². The van der Waals surface area contributed by atoms with Gasteiger partial charge in [0, 0.05) is 32.4 Å². The Morgan fingerprint density at radius 2 is 1.61 bits per heavy atom. The molecule has 0 atom stereocenters. The minimum Gasteiger partial charge on any atom is -0.254 e. The Balaban J connectivity index is 2.06. The summed E-state index contributed by atoms with van der Waals surface area (Å²) in [7, 11) is 0. The Morgan fingerprint density at radius 3 is 2.52 bits per heavy atom. The molecule has 5 rings (SSSR count). The first kappa shape index (κ1) is 13.0. The zero-order valence-corrected chi connectivity index (χ0v) is 13.9. The lowest BCUT2D eigenvalue weighted by Gasteiger charge is -2.05. The third-order valence-electron chi connectivity index (χ3n) is 4.81. The molecule has 0 aliphatic heterocycles. The van der Waals surface area contributed by atoms with Gasteiger partial charge < -0.3 is 0 Å². The number of aryl methyl sites for hydroxylation is 2. The number of fused-ring (bicyclic) bond motifs is 7. The summed E-state index contributed by atoms with van der Waals surface area (Å²) in [5, 5.41) is 6.45. The molecule has 0 bridgehead atoms. The molecule has 0 aliphatic rings. The van der Waals surface area contributed by atoms with Gasteiger partial charge in [-0.25, -0.2) is 0 Å². The first-order valence-corrected chi connectivity index (χ1v) is 8.64. The van der Waals surface area contributed by atoms with Crippen molar-refractivity contribution in [3.8, 4) is 0 Å². The molecule has 0 amide bonds. The maximum Gasteiger partial charge on any atom is 0.0787 e. The van der Waals surface area contributed by atoms with E-state index in [0.717, 1.165) is 5.52 Å². The zero-order chi connectivity index (χ0) is 15.6. The molecule has 0 unspecified atom stereocenters. The van der Waals surface area contributed by atoms with Crippen LogP contribution in [0.15, 0.2) is 54.7 Å². The van der Waals surface area contributed by atoms with E-state index >= 15 is 0 Å². The molecule has 2 aromatic heterocycles. The fourth-order valence-corrected chi connectivity index (χ4v) is 4.63. The van der Waals surface area contributed by atoms with Crippen LogP contribution in [0, 0.1) is 13.8 Å². The lowest BCUT2D eigenvalue weighted by molar-refractivity contribution is 1.37. The molecule has 2 heterocycles. The standard InChI is InChI=1S/C21H15NS/c1-12-9-17-18(10-13(12)2)23-19-11-22-21-15-6-4-3-5-14(15)7-8-16(21)20(17)19/h3-11H,1-2H3. The Hall–Kier alpha value is -2.45. The molecule has 2 heteroatoms. The van der Waals surface area contributed by atoms with Gasteiger partial charge in [-0.3, -0.25) is 4.98 Å². The van der Waals surface area contributed by atoms with Crippen molar-refractivity contribution in [1.29, 1.82) is 0 Å². The maximum absolute atomic E-state index is 4.79. The van der Waals surface area contributed by atoms with Gasteiger partial charge in [-0.05, 0) is 42.5 Å². The second-order valence-corrected chi connectivity index (χ2v) is 7.30. The average Bonchev–Trinajstić information content (AvgIpc) is 2.92. The fourth-order valence-electron chi connectivity index (χ4n) is 3.46. The Kier molecular flexibility index (Phi) is 2.56. The normalized spacial score (nSPS) is 11.9. The van der Waals surface area contributed by atoms with Crippen LogP contribution in [0.5, 0.6) is 0 Å². The molecule has 0 radical (unpaired) electrons. The largest absolute Gasteiger partial charge is 0.254 e. The monoisotopic (exact) mass is 313 g/mol. The molecule has 0 aliphatic carbocycles. The summed E-state index contributed by atoms with van der Waals surface area (Å²) >= 11 is 1.84. The van der Waals surface area contributed by atoms with Gasteiger partial charge >= 0.3 is 0 Å². The van der Waals surface area contributed by atoms with Gasteiger partial charge in [0.25, 0.3) is 0 Å². The number of rotatable bonds is 0. The number of pyridine rings is 1. The Morgan fingerprint density at radius 1 is 0.783 bits per heavy atom. The summed E-state index contributed by atoms with van der Waals surface area (Å²) in [4.78, 5) is 4.79. The second-order valence-electron chi connectivity index (χ2n) is 6.22. The van der Waals surface area contributed by atoms with Gasteiger partial charge in [0.1, 0.15) is 0 Å². The summed E-state index contributed by atoms with van der Waals surface area (Å²) in [6.45, 7) is 4.38. The number of aromatic nitrogens is 1. The molecule has 110 valence electrons. The highest BCUT2D eigenvalue weighted by Crippen LogP contribution is 2.40. The lowest BCUT2D eigenvalue weighted by Crippen LogP contribution is -1.83. The van der Waals surface area contributed by atoms with Crippen LogP contribution in [-0.4, -0.2) is 4.98 Å². The molecule has 3 aromatic carbocycles. The molecule has 0 saturated heterocycles. The quantitative estimate of drug-likeness (QED) is 0.303. The van der Waals surface area contributed by atoms with E-state index in [1.54, 1.807) is 0 Å². The van der Waals surface area contributed by atoms with Crippen molar-refractivity contribution in [3.05, 3.63) is 65.9 Å². The van der Waals surface area contributed by atoms with Crippen LogP contribution in [0.4, 0.5) is 0 Å². The van der Waals surface area contributed by atoms with Crippen LogP contribution in [0.25, 0.3) is 41.8 Å². The van der Waals surface area contributed by atoms with Crippen molar-refractivity contribution >= 4 is 53.2 Å². The van der Waals surface area contributed by atoms with Crippen LogP contribution in [-0.2, 0) is 0 Å². The third-order valence-corrected chi connectivity index (χ3v) is 5.90. The van der Waals surface area contributed by atoms with Crippen molar-refractivity contribution in [2.45, 2.75) is 13.8 Å². The highest BCUT2D eigenvalue weighted by Gasteiger charge is 2.12. The number of benzene rings is 3. The van der Waals surface area contributed by atoms with E-state index in [9.17, 15) is 0 Å². The molecule has 23 heavy (non-hydrogen) atoms. The summed E-state index contributed by atoms with van der Waals surface area (Å²) in [5.74, 6) is 0. The van der Waals surface area contributed by atoms with Crippen molar-refractivity contribution in [1.82, 2.24) is 4.98 Å². The predicted octanol–water partition coefficient (Wildman–Crippen LogP) is 6.37. The first-order valence-electron chi connectivity index (χ1n) is 7.82. The maximum atomic E-state index is 4.79. The number of hydrogen-bond acceptors (Lipinski definition) is 2. The molecular weight excluding hydrogens is 298 g/mol. The van der Waals surface area contributed by atoms with Crippen LogP contribution in [0.2, 0.25) is 0 Å². The third kappa shape index (κ3) is 1.76. The minimum atomic E-state index is 1.11. The smallest absolute Gasteiger partial charge is 0.0787 e. The van der Waals surface area contributed by atoms with Crippen LogP contribution >= 0.6 is 11.3 Å².